The van der Waals surface area contributed by atoms with Gasteiger partial charge in [0.15, 0.2) is 0 Å². The number of nitrogens with zero attached hydrogens (tertiary/aromatic N) is 2. The van der Waals surface area contributed by atoms with E-state index in [0.29, 0.717) is 6.61 Å². The summed E-state index contributed by atoms with van der Waals surface area (Å²) in [6.45, 7) is 8.94. The number of aromatic nitrogens is 1. The number of nitrogens with one attached hydrogen (secondary N) is 1. The van der Waals surface area contributed by atoms with Crippen LogP contribution in [0.5, 0.6) is 0 Å². The maximum atomic E-state index is 12.8. The van der Waals surface area contributed by atoms with Gasteiger partial charge in [-0.3, -0.25) is 9.69 Å². The van der Waals surface area contributed by atoms with Gasteiger partial charge in [0.2, 0.25) is 5.91 Å². The zero-order valence-corrected chi connectivity index (χ0v) is 16.6. The highest BCUT2D eigenvalue weighted by atomic mass is 19.4. The Hall–Kier alpha value is -2.14. The molecule has 2 atom stereocenters. The minimum atomic E-state index is -5.08. The molecule has 0 saturated carbocycles. The van der Waals surface area contributed by atoms with Gasteiger partial charge in [0.25, 0.3) is 0 Å². The second-order valence-corrected chi connectivity index (χ2v) is 7.62. The summed E-state index contributed by atoms with van der Waals surface area (Å²) in [5, 5.41) is 14.3. The van der Waals surface area contributed by atoms with E-state index < -0.39 is 17.6 Å². The number of halogens is 3. The molecular weight excluding hydrogens is 395 g/mol. The number of carbonyl (C=O) groups excluding carboxylic acids is 1. The summed E-state index contributed by atoms with van der Waals surface area (Å²) in [5.74, 6) is -1.81. The quantitative estimate of drug-likeness (QED) is 0.767. The monoisotopic (exact) mass is 421 g/mol. The lowest BCUT2D eigenvalue weighted by Crippen LogP contribution is -2.57. The van der Waals surface area contributed by atoms with Crippen LogP contribution in [0.25, 0.3) is 0 Å². The molecule has 1 amide bonds. The van der Waals surface area contributed by atoms with Crippen LogP contribution >= 0.6 is 0 Å². The zero-order chi connectivity index (χ0) is 21.8. The lowest BCUT2D eigenvalue weighted by Gasteiger charge is -2.42. The minimum absolute atomic E-state index is 0.0431. The first-order valence-corrected chi connectivity index (χ1v) is 9.31. The van der Waals surface area contributed by atoms with Crippen LogP contribution in [0.2, 0.25) is 0 Å². The summed E-state index contributed by atoms with van der Waals surface area (Å²) in [6, 6.07) is 2.11. The highest BCUT2D eigenvalue weighted by Gasteiger charge is 2.53. The Morgan fingerprint density at radius 1 is 1.45 bits per heavy atom. The molecule has 2 aliphatic heterocycles. The Labute approximate surface area is 166 Å². The Morgan fingerprint density at radius 2 is 2.10 bits per heavy atom. The largest absolute Gasteiger partial charge is 0.490 e. The van der Waals surface area contributed by atoms with E-state index in [-0.39, 0.29) is 18.1 Å². The van der Waals surface area contributed by atoms with E-state index in [1.807, 2.05) is 26.8 Å². The van der Waals surface area contributed by atoms with E-state index in [0.717, 1.165) is 43.9 Å². The summed E-state index contributed by atoms with van der Waals surface area (Å²) >= 11 is 0. The molecule has 2 fully saturated rings. The number of piperidine rings is 1. The smallest absolute Gasteiger partial charge is 0.475 e. The summed E-state index contributed by atoms with van der Waals surface area (Å²) in [4.78, 5) is 24.0. The molecule has 29 heavy (non-hydrogen) atoms. The van der Waals surface area contributed by atoms with Crippen molar-refractivity contribution in [1.82, 2.24) is 15.4 Å². The molecule has 11 heteroatoms. The molecule has 1 aromatic heterocycles. The molecule has 3 rings (SSSR count). The molecule has 164 valence electrons. The van der Waals surface area contributed by atoms with Crippen molar-refractivity contribution in [2.75, 3.05) is 19.7 Å². The van der Waals surface area contributed by atoms with Gasteiger partial charge in [-0.05, 0) is 33.6 Å². The van der Waals surface area contributed by atoms with E-state index in [2.05, 4.69) is 15.4 Å². The summed E-state index contributed by atoms with van der Waals surface area (Å²) in [5.41, 5.74) is 0.510. The average Bonchev–Trinajstić information content (AvgIpc) is 3.20. The lowest BCUT2D eigenvalue weighted by atomic mass is 9.75. The van der Waals surface area contributed by atoms with Gasteiger partial charge in [-0.15, -0.1) is 0 Å². The number of alkyl halides is 3. The molecule has 2 aliphatic rings. The molecule has 0 unspecified atom stereocenters. The van der Waals surface area contributed by atoms with Gasteiger partial charge in [-0.25, -0.2) is 4.79 Å². The molecule has 8 nitrogen and oxygen atoms in total. The van der Waals surface area contributed by atoms with Gasteiger partial charge in [-0.2, -0.15) is 13.2 Å². The van der Waals surface area contributed by atoms with Gasteiger partial charge < -0.3 is 19.7 Å². The highest BCUT2D eigenvalue weighted by molar-refractivity contribution is 5.84. The first-order valence-electron chi connectivity index (χ1n) is 9.31. The predicted molar refractivity (Wildman–Crippen MR) is 94.9 cm³/mol. The molecule has 0 aromatic carbocycles. The van der Waals surface area contributed by atoms with Crippen LogP contribution in [-0.4, -0.2) is 65.1 Å². The van der Waals surface area contributed by atoms with Gasteiger partial charge in [0.05, 0.1) is 17.2 Å². The number of carbonyl (C=O) groups is 2. The molecule has 0 aliphatic carbocycles. The fraction of sp³-hybridized carbons (Fsp3) is 0.722. The molecule has 3 heterocycles. The minimum Gasteiger partial charge on any atom is -0.475 e. The van der Waals surface area contributed by atoms with Crippen molar-refractivity contribution in [3.8, 4) is 0 Å². The molecule has 0 radical (unpaired) electrons. The lowest BCUT2D eigenvalue weighted by molar-refractivity contribution is -0.192. The van der Waals surface area contributed by atoms with Crippen LogP contribution in [0.15, 0.2) is 10.6 Å². The zero-order valence-electron chi connectivity index (χ0n) is 16.6. The number of hydrogen-bond donors (Lipinski definition) is 2. The molecule has 2 N–H and O–H groups in total. The molecule has 0 bridgehead atoms. The molecular formula is C18H26F3N3O5. The third kappa shape index (κ3) is 5.92. The van der Waals surface area contributed by atoms with E-state index in [4.69, 9.17) is 19.2 Å². The first-order chi connectivity index (χ1) is 13.4. The van der Waals surface area contributed by atoms with Crippen molar-refractivity contribution in [1.29, 1.82) is 0 Å². The van der Waals surface area contributed by atoms with E-state index in [1.165, 1.54) is 0 Å². The molecule has 2 saturated heterocycles. The van der Waals surface area contributed by atoms with Crippen molar-refractivity contribution >= 4 is 11.9 Å². The molecule has 1 aromatic rings. The van der Waals surface area contributed by atoms with Crippen molar-refractivity contribution in [3.05, 3.63) is 17.5 Å². The number of fused-ring (bicyclic) bond motifs is 1. The van der Waals surface area contributed by atoms with Crippen molar-refractivity contribution in [3.63, 3.8) is 0 Å². The fourth-order valence-corrected chi connectivity index (χ4v) is 3.62. The number of aliphatic carboxylic acids is 1. The second-order valence-electron chi connectivity index (χ2n) is 7.62. The number of hydrogen-bond acceptors (Lipinski definition) is 6. The Bertz CT molecular complexity index is 722. The number of ether oxygens (including phenoxy) is 1. The van der Waals surface area contributed by atoms with Gasteiger partial charge in [-0.1, -0.05) is 5.16 Å². The SMILES string of the molecule is Cc1cc(CN2CC[C@H]3OCC[C@@]3(C(=O)NC(C)C)C2)no1.O=C(O)C(F)(F)F. The number of carboxylic acids is 1. The van der Waals surface area contributed by atoms with Gasteiger partial charge >= 0.3 is 12.1 Å². The van der Waals surface area contributed by atoms with Crippen LogP contribution in [0.4, 0.5) is 13.2 Å². The average molecular weight is 421 g/mol. The van der Waals surface area contributed by atoms with E-state index in [9.17, 15) is 18.0 Å². The van der Waals surface area contributed by atoms with Crippen LogP contribution in [0.3, 0.4) is 0 Å². The van der Waals surface area contributed by atoms with Crippen LogP contribution in [0.1, 0.15) is 38.1 Å². The summed E-state index contributed by atoms with van der Waals surface area (Å²) < 4.78 is 42.7. The number of carboxylic acid groups (broad SMARTS) is 1. The number of aryl methyl sites for hydroxylation is 1. The van der Waals surface area contributed by atoms with Crippen LogP contribution < -0.4 is 5.32 Å². The predicted octanol–water partition coefficient (Wildman–Crippen LogP) is 2.12. The van der Waals surface area contributed by atoms with Crippen molar-refractivity contribution < 1.29 is 37.1 Å². The Kier molecular flexibility index (Phi) is 7.28. The Balaban J connectivity index is 0.000000370. The summed E-state index contributed by atoms with van der Waals surface area (Å²) in [7, 11) is 0. The number of likely N-dealkylation sites (tertiary alicyclic amines) is 1. The normalized spacial score (nSPS) is 24.6. The van der Waals surface area contributed by atoms with Crippen LogP contribution in [-0.2, 0) is 20.9 Å². The third-order valence-corrected chi connectivity index (χ3v) is 4.87. The van der Waals surface area contributed by atoms with Gasteiger partial charge in [0.1, 0.15) is 5.76 Å². The maximum Gasteiger partial charge on any atom is 0.490 e. The van der Waals surface area contributed by atoms with Crippen molar-refractivity contribution in [2.24, 2.45) is 5.41 Å². The van der Waals surface area contributed by atoms with E-state index >= 15 is 0 Å². The number of amides is 1. The third-order valence-electron chi connectivity index (χ3n) is 4.87. The topological polar surface area (TPSA) is 105 Å². The Morgan fingerprint density at radius 3 is 2.62 bits per heavy atom. The maximum absolute atomic E-state index is 12.8. The summed E-state index contributed by atoms with van der Waals surface area (Å²) in [6.07, 6.45) is -3.35. The standard InChI is InChI=1S/C16H25N3O3.C2HF3O2/c1-11(2)17-15(20)16-5-7-21-14(16)4-6-19(10-16)9-13-8-12(3)22-18-13;3-2(4,5)1(6)7/h8,11,14H,4-7,9-10H2,1-3H3,(H,17,20);(H,6,7)/t14-,16-;/m1./s1. The van der Waals surface area contributed by atoms with E-state index in [1.54, 1.807) is 0 Å². The number of rotatable bonds is 4. The van der Waals surface area contributed by atoms with Gasteiger partial charge in [0, 0.05) is 38.3 Å². The molecule has 0 spiro atoms. The fourth-order valence-electron chi connectivity index (χ4n) is 3.62. The highest BCUT2D eigenvalue weighted by Crippen LogP contribution is 2.41. The van der Waals surface area contributed by atoms with Crippen molar-refractivity contribution in [2.45, 2.75) is 58.5 Å². The first kappa shape index (κ1) is 23.1. The second kappa shape index (κ2) is 9.12. The van der Waals surface area contributed by atoms with Crippen LogP contribution in [0, 0.1) is 12.3 Å².